The van der Waals surface area contributed by atoms with E-state index in [-0.39, 0.29) is 11.6 Å². The Hall–Kier alpha value is -3.75. The Morgan fingerprint density at radius 1 is 1.07 bits per heavy atom. The third-order valence-electron chi connectivity index (χ3n) is 4.61. The third-order valence-corrected chi connectivity index (χ3v) is 4.61. The summed E-state index contributed by atoms with van der Waals surface area (Å²) in [5.41, 5.74) is 1.61. The van der Waals surface area contributed by atoms with Crippen LogP contribution in [0.15, 0.2) is 55.0 Å². The Balaban J connectivity index is 1.43. The zero-order chi connectivity index (χ0) is 19.5. The quantitative estimate of drug-likeness (QED) is 0.540. The van der Waals surface area contributed by atoms with Gasteiger partial charge in [-0.15, -0.1) is 0 Å². The van der Waals surface area contributed by atoms with Gasteiger partial charge in [0.25, 0.3) is 11.6 Å². The molecule has 1 N–H and O–H groups in total. The van der Waals surface area contributed by atoms with Crippen molar-refractivity contribution in [2.45, 2.75) is 12.8 Å². The molecular weight excluding hydrogens is 360 g/mol. The topological polar surface area (TPSA) is 106 Å². The van der Waals surface area contributed by atoms with E-state index in [4.69, 9.17) is 0 Å². The van der Waals surface area contributed by atoms with Gasteiger partial charge >= 0.3 is 0 Å². The number of pyridine rings is 1. The summed E-state index contributed by atoms with van der Waals surface area (Å²) < 4.78 is 1.49. The zero-order valence-corrected chi connectivity index (χ0v) is 15.0. The molecule has 28 heavy (non-hydrogen) atoms. The summed E-state index contributed by atoms with van der Waals surface area (Å²) in [6.45, 7) is 2.03. The van der Waals surface area contributed by atoms with Crippen molar-refractivity contribution in [2.75, 3.05) is 23.3 Å². The summed E-state index contributed by atoms with van der Waals surface area (Å²) in [6.07, 6.45) is 7.02. The highest BCUT2D eigenvalue weighted by atomic mass is 16.6. The first kappa shape index (κ1) is 17.7. The number of aromatic nitrogens is 3. The molecule has 142 valence electrons. The molecule has 0 radical (unpaired) electrons. The lowest BCUT2D eigenvalue weighted by Gasteiger charge is -2.16. The van der Waals surface area contributed by atoms with Crippen LogP contribution in [0, 0.1) is 10.1 Å². The Bertz CT molecular complexity index is 991. The smallest absolute Gasteiger partial charge is 0.269 e. The summed E-state index contributed by atoms with van der Waals surface area (Å²) in [6, 6.07) is 9.68. The van der Waals surface area contributed by atoms with E-state index in [2.05, 4.69) is 20.3 Å². The molecule has 9 nitrogen and oxygen atoms in total. The molecule has 0 bridgehead atoms. The summed E-state index contributed by atoms with van der Waals surface area (Å²) in [5.74, 6) is 0.616. The van der Waals surface area contributed by atoms with Crippen molar-refractivity contribution in [1.29, 1.82) is 0 Å². The molecule has 1 aromatic carbocycles. The van der Waals surface area contributed by atoms with Crippen molar-refractivity contribution in [3.05, 3.63) is 70.7 Å². The molecule has 2 aromatic heterocycles. The predicted molar refractivity (Wildman–Crippen MR) is 104 cm³/mol. The normalized spacial score (nSPS) is 13.5. The molecule has 1 amide bonds. The Morgan fingerprint density at radius 3 is 2.46 bits per heavy atom. The van der Waals surface area contributed by atoms with Gasteiger partial charge in [-0.25, -0.2) is 9.67 Å². The number of nitrogens with one attached hydrogen (secondary N) is 1. The first-order valence-electron chi connectivity index (χ1n) is 8.92. The lowest BCUT2D eigenvalue weighted by atomic mass is 10.3. The number of anilines is 2. The van der Waals surface area contributed by atoms with Crippen molar-refractivity contribution in [2.24, 2.45) is 0 Å². The van der Waals surface area contributed by atoms with Gasteiger partial charge in [0.1, 0.15) is 5.82 Å². The van der Waals surface area contributed by atoms with Crippen LogP contribution in [-0.4, -0.2) is 38.7 Å². The van der Waals surface area contributed by atoms with Crippen LogP contribution in [0.2, 0.25) is 0 Å². The van der Waals surface area contributed by atoms with Crippen LogP contribution in [0.25, 0.3) is 5.69 Å². The van der Waals surface area contributed by atoms with Gasteiger partial charge in [0.15, 0.2) is 0 Å². The molecule has 1 saturated heterocycles. The molecule has 3 heterocycles. The van der Waals surface area contributed by atoms with E-state index in [1.807, 2.05) is 12.1 Å². The maximum absolute atomic E-state index is 12.5. The molecule has 1 aliphatic rings. The zero-order valence-electron chi connectivity index (χ0n) is 15.0. The van der Waals surface area contributed by atoms with Crippen molar-refractivity contribution in [3.63, 3.8) is 0 Å². The SMILES string of the molecule is O=C(Nc1ccc(N2CCCC2)nc1)c1cnn(-c2ccc([N+](=O)[O-])cc2)c1. The number of rotatable bonds is 5. The molecule has 4 rings (SSSR count). The number of carbonyl (C=O) groups excluding carboxylic acids is 1. The second-order valence-corrected chi connectivity index (χ2v) is 6.50. The maximum Gasteiger partial charge on any atom is 0.269 e. The van der Waals surface area contributed by atoms with E-state index in [1.54, 1.807) is 24.5 Å². The number of non-ortho nitro benzene ring substituents is 1. The van der Waals surface area contributed by atoms with Gasteiger partial charge in [0.05, 0.1) is 34.3 Å². The van der Waals surface area contributed by atoms with E-state index in [0.717, 1.165) is 18.9 Å². The van der Waals surface area contributed by atoms with E-state index in [9.17, 15) is 14.9 Å². The Kier molecular flexibility index (Phi) is 4.71. The van der Waals surface area contributed by atoms with Crippen LogP contribution in [0.1, 0.15) is 23.2 Å². The van der Waals surface area contributed by atoms with Crippen molar-refractivity contribution < 1.29 is 9.72 Å². The highest BCUT2D eigenvalue weighted by Gasteiger charge is 2.14. The fraction of sp³-hybridized carbons (Fsp3) is 0.211. The summed E-state index contributed by atoms with van der Waals surface area (Å²) in [7, 11) is 0. The largest absolute Gasteiger partial charge is 0.357 e. The van der Waals surface area contributed by atoms with Gasteiger partial charge in [-0.1, -0.05) is 0 Å². The molecule has 9 heteroatoms. The standard InChI is InChI=1S/C19H18N6O3/c26-19(22-15-3-8-18(20-12-15)23-9-1-2-10-23)14-11-21-24(13-14)16-4-6-17(7-5-16)25(27)28/h3-8,11-13H,1-2,9-10H2,(H,22,26). The van der Waals surface area contributed by atoms with Gasteiger partial charge in [-0.3, -0.25) is 14.9 Å². The third kappa shape index (κ3) is 3.68. The average Bonchev–Trinajstić information content (AvgIpc) is 3.41. The van der Waals surface area contributed by atoms with Crippen LogP contribution in [0.4, 0.5) is 17.2 Å². The monoisotopic (exact) mass is 378 g/mol. The minimum Gasteiger partial charge on any atom is -0.357 e. The molecule has 1 aliphatic heterocycles. The van der Waals surface area contributed by atoms with Crippen LogP contribution >= 0.6 is 0 Å². The molecule has 0 unspecified atom stereocenters. The number of nitrogens with zero attached hydrogens (tertiary/aromatic N) is 5. The number of benzene rings is 1. The van der Waals surface area contributed by atoms with Crippen LogP contribution in [-0.2, 0) is 0 Å². The highest BCUT2D eigenvalue weighted by Crippen LogP contribution is 2.20. The second-order valence-electron chi connectivity index (χ2n) is 6.50. The van der Waals surface area contributed by atoms with Gasteiger partial charge in [-0.2, -0.15) is 5.10 Å². The fourth-order valence-electron chi connectivity index (χ4n) is 3.10. The first-order valence-corrected chi connectivity index (χ1v) is 8.92. The van der Waals surface area contributed by atoms with Gasteiger partial charge < -0.3 is 10.2 Å². The molecule has 0 aliphatic carbocycles. The average molecular weight is 378 g/mol. The maximum atomic E-state index is 12.5. The van der Waals surface area contributed by atoms with Crippen LogP contribution in [0.5, 0.6) is 0 Å². The van der Waals surface area contributed by atoms with E-state index in [1.165, 1.54) is 35.9 Å². The Labute approximate surface area is 160 Å². The fourth-order valence-corrected chi connectivity index (χ4v) is 3.10. The predicted octanol–water partition coefficient (Wildman–Crippen LogP) is 3.03. The van der Waals surface area contributed by atoms with E-state index >= 15 is 0 Å². The van der Waals surface area contributed by atoms with E-state index < -0.39 is 4.92 Å². The van der Waals surface area contributed by atoms with Crippen molar-refractivity contribution >= 4 is 23.1 Å². The molecule has 0 atom stereocenters. The number of carbonyl (C=O) groups is 1. The minimum absolute atomic E-state index is 0.00116. The number of hydrogen-bond donors (Lipinski definition) is 1. The lowest BCUT2D eigenvalue weighted by Crippen LogP contribution is -2.19. The Morgan fingerprint density at radius 2 is 1.82 bits per heavy atom. The second kappa shape index (κ2) is 7.47. The summed E-state index contributed by atoms with van der Waals surface area (Å²) in [5, 5.41) is 17.7. The van der Waals surface area contributed by atoms with Crippen LogP contribution in [0.3, 0.4) is 0 Å². The lowest BCUT2D eigenvalue weighted by molar-refractivity contribution is -0.384. The first-order chi connectivity index (χ1) is 13.6. The van der Waals surface area contributed by atoms with Crippen molar-refractivity contribution in [3.8, 4) is 5.69 Å². The number of hydrogen-bond acceptors (Lipinski definition) is 6. The van der Waals surface area contributed by atoms with Crippen molar-refractivity contribution in [1.82, 2.24) is 14.8 Å². The number of nitro benzene ring substituents is 1. The molecule has 0 saturated carbocycles. The molecule has 1 fully saturated rings. The van der Waals surface area contributed by atoms with Gasteiger partial charge in [0, 0.05) is 31.4 Å². The van der Waals surface area contributed by atoms with Gasteiger partial charge in [0.2, 0.25) is 0 Å². The molecule has 3 aromatic rings. The summed E-state index contributed by atoms with van der Waals surface area (Å²) >= 11 is 0. The van der Waals surface area contributed by atoms with Gasteiger partial charge in [-0.05, 0) is 37.1 Å². The number of amides is 1. The van der Waals surface area contributed by atoms with E-state index in [0.29, 0.717) is 16.9 Å². The van der Waals surface area contributed by atoms with Crippen LogP contribution < -0.4 is 10.2 Å². The highest BCUT2D eigenvalue weighted by molar-refractivity contribution is 6.03. The molecule has 0 spiro atoms. The number of nitro groups is 1. The molecular formula is C19H18N6O3. The minimum atomic E-state index is -0.464. The summed E-state index contributed by atoms with van der Waals surface area (Å²) in [4.78, 5) is 29.4.